The van der Waals surface area contributed by atoms with E-state index in [2.05, 4.69) is 17.2 Å². The summed E-state index contributed by atoms with van der Waals surface area (Å²) in [5.74, 6) is 2.61. The second-order valence-electron chi connectivity index (χ2n) is 6.14. The zero-order valence-corrected chi connectivity index (χ0v) is 16.6. The predicted octanol–water partition coefficient (Wildman–Crippen LogP) is 4.14. The lowest BCUT2D eigenvalue weighted by molar-refractivity contribution is 0.309. The number of unbranched alkanes of at least 4 members (excludes halogenated alkanes) is 1. The number of nitrogens with zero attached hydrogens (tertiary/aromatic N) is 3. The highest BCUT2D eigenvalue weighted by molar-refractivity contribution is 5.65. The van der Waals surface area contributed by atoms with Crippen LogP contribution in [-0.4, -0.2) is 42.9 Å². The minimum atomic E-state index is 0.582. The lowest BCUT2D eigenvalue weighted by Gasteiger charge is -2.15. The van der Waals surface area contributed by atoms with Crippen LogP contribution in [-0.2, 0) is 0 Å². The highest BCUT2D eigenvalue weighted by Crippen LogP contribution is 2.37. The third-order valence-corrected chi connectivity index (χ3v) is 4.38. The van der Waals surface area contributed by atoms with Crippen LogP contribution in [0.5, 0.6) is 23.0 Å². The maximum absolute atomic E-state index is 5.74. The van der Waals surface area contributed by atoms with Gasteiger partial charge in [0.05, 0.1) is 39.8 Å². The third-order valence-electron chi connectivity index (χ3n) is 4.38. The molecular weight excluding hydrogens is 358 g/mol. The van der Waals surface area contributed by atoms with Crippen molar-refractivity contribution in [3.63, 3.8) is 0 Å². The lowest BCUT2D eigenvalue weighted by Crippen LogP contribution is -2.04. The van der Waals surface area contributed by atoms with Gasteiger partial charge >= 0.3 is 0 Å². The van der Waals surface area contributed by atoms with E-state index in [1.807, 2.05) is 30.3 Å². The van der Waals surface area contributed by atoms with Crippen LogP contribution in [0.2, 0.25) is 0 Å². The molecule has 0 aliphatic rings. The topological polar surface area (TPSA) is 67.6 Å². The molecule has 0 atom stereocenters. The van der Waals surface area contributed by atoms with E-state index in [0.29, 0.717) is 22.9 Å². The molecule has 28 heavy (non-hydrogen) atoms. The molecule has 1 aromatic heterocycles. The van der Waals surface area contributed by atoms with Crippen molar-refractivity contribution in [1.29, 1.82) is 0 Å². The number of benzene rings is 2. The van der Waals surface area contributed by atoms with Gasteiger partial charge in [0, 0.05) is 17.7 Å². The average molecular weight is 383 g/mol. The van der Waals surface area contributed by atoms with Crippen molar-refractivity contribution < 1.29 is 18.9 Å². The van der Waals surface area contributed by atoms with Gasteiger partial charge < -0.3 is 18.9 Å². The first-order chi connectivity index (χ1) is 13.7. The molecule has 0 aliphatic heterocycles. The van der Waals surface area contributed by atoms with E-state index >= 15 is 0 Å². The smallest absolute Gasteiger partial charge is 0.164 e. The summed E-state index contributed by atoms with van der Waals surface area (Å²) in [6.07, 6.45) is 3.86. The van der Waals surface area contributed by atoms with Gasteiger partial charge in [-0.2, -0.15) is 0 Å². The average Bonchev–Trinajstić information content (AvgIpc) is 3.23. The Balaban J connectivity index is 1.96. The standard InChI is InChI=1S/C21H25N3O4/c1-5-6-11-28-16-9-7-15(8-10-16)18-14-22-23-24(18)17-12-20(26-3)21(27-4)13-19(17)25-2/h7-10,12-14H,5-6,11H2,1-4H3. The van der Waals surface area contributed by atoms with Crippen molar-refractivity contribution in [3.8, 4) is 39.9 Å². The molecule has 7 nitrogen and oxygen atoms in total. The molecular formula is C21H25N3O4. The van der Waals surface area contributed by atoms with Crippen LogP contribution >= 0.6 is 0 Å². The van der Waals surface area contributed by atoms with Crippen LogP contribution in [0.25, 0.3) is 16.9 Å². The van der Waals surface area contributed by atoms with Crippen LogP contribution < -0.4 is 18.9 Å². The zero-order valence-electron chi connectivity index (χ0n) is 16.6. The maximum atomic E-state index is 5.74. The fraction of sp³-hybridized carbons (Fsp3) is 0.333. The zero-order chi connectivity index (χ0) is 19.9. The van der Waals surface area contributed by atoms with Gasteiger partial charge in [-0.1, -0.05) is 18.6 Å². The number of aromatic nitrogens is 3. The molecule has 1 heterocycles. The molecule has 0 bridgehead atoms. The first-order valence-corrected chi connectivity index (χ1v) is 9.16. The largest absolute Gasteiger partial charge is 0.494 e. The van der Waals surface area contributed by atoms with Gasteiger partial charge in [0.2, 0.25) is 0 Å². The fourth-order valence-electron chi connectivity index (χ4n) is 2.84. The predicted molar refractivity (Wildman–Crippen MR) is 107 cm³/mol. The molecule has 0 aliphatic carbocycles. The molecule has 0 fully saturated rings. The summed E-state index contributed by atoms with van der Waals surface area (Å²) >= 11 is 0. The Morgan fingerprint density at radius 2 is 1.57 bits per heavy atom. The summed E-state index contributed by atoms with van der Waals surface area (Å²) in [5, 5.41) is 8.33. The molecule has 7 heteroatoms. The van der Waals surface area contributed by atoms with Gasteiger partial charge in [-0.3, -0.25) is 0 Å². The Morgan fingerprint density at radius 1 is 0.893 bits per heavy atom. The van der Waals surface area contributed by atoms with Crippen molar-refractivity contribution in [2.24, 2.45) is 0 Å². The molecule has 0 saturated carbocycles. The number of hydrogen-bond donors (Lipinski definition) is 0. The molecule has 0 amide bonds. The van der Waals surface area contributed by atoms with Crippen LogP contribution in [0.3, 0.4) is 0 Å². The van der Waals surface area contributed by atoms with Crippen LogP contribution in [0, 0.1) is 0 Å². The van der Waals surface area contributed by atoms with E-state index in [-0.39, 0.29) is 0 Å². The van der Waals surface area contributed by atoms with Gasteiger partial charge in [-0.25, -0.2) is 4.68 Å². The monoisotopic (exact) mass is 383 g/mol. The summed E-state index contributed by atoms with van der Waals surface area (Å²) in [7, 11) is 4.78. The summed E-state index contributed by atoms with van der Waals surface area (Å²) in [4.78, 5) is 0. The number of methoxy groups -OCH3 is 3. The van der Waals surface area contributed by atoms with Crippen LogP contribution in [0.15, 0.2) is 42.6 Å². The molecule has 3 rings (SSSR count). The second-order valence-corrected chi connectivity index (χ2v) is 6.14. The van der Waals surface area contributed by atoms with E-state index in [9.17, 15) is 0 Å². The third kappa shape index (κ3) is 4.03. The van der Waals surface area contributed by atoms with E-state index in [1.54, 1.807) is 38.3 Å². The van der Waals surface area contributed by atoms with E-state index in [4.69, 9.17) is 18.9 Å². The Kier molecular flexibility index (Phi) is 6.37. The SMILES string of the molecule is CCCCOc1ccc(-c2cnnn2-c2cc(OC)c(OC)cc2OC)cc1. The lowest BCUT2D eigenvalue weighted by atomic mass is 10.1. The molecule has 0 spiro atoms. The molecule has 0 unspecified atom stereocenters. The van der Waals surface area contributed by atoms with Gasteiger partial charge in [0.25, 0.3) is 0 Å². The molecule has 0 radical (unpaired) electrons. The number of rotatable bonds is 9. The summed E-state index contributed by atoms with van der Waals surface area (Å²) in [5.41, 5.74) is 2.49. The second kappa shape index (κ2) is 9.12. The Labute approximate surface area is 164 Å². The summed E-state index contributed by atoms with van der Waals surface area (Å²) in [6, 6.07) is 11.5. The first kappa shape index (κ1) is 19.5. The van der Waals surface area contributed by atoms with Crippen LogP contribution in [0.4, 0.5) is 0 Å². The molecule has 2 aromatic carbocycles. The van der Waals surface area contributed by atoms with E-state index in [0.717, 1.165) is 36.5 Å². The number of ether oxygens (including phenoxy) is 4. The molecule has 148 valence electrons. The Hall–Kier alpha value is -3.22. The molecule has 3 aromatic rings. The normalized spacial score (nSPS) is 10.6. The minimum Gasteiger partial charge on any atom is -0.494 e. The van der Waals surface area contributed by atoms with Gasteiger partial charge in [-0.05, 0) is 30.7 Å². The number of hydrogen-bond acceptors (Lipinski definition) is 6. The van der Waals surface area contributed by atoms with Gasteiger partial charge in [-0.15, -0.1) is 5.10 Å². The Bertz CT molecular complexity index is 907. The highest BCUT2D eigenvalue weighted by atomic mass is 16.5. The van der Waals surface area contributed by atoms with Crippen LogP contribution in [0.1, 0.15) is 19.8 Å². The van der Waals surface area contributed by atoms with E-state index in [1.165, 1.54) is 0 Å². The van der Waals surface area contributed by atoms with Gasteiger partial charge in [0.15, 0.2) is 11.5 Å². The first-order valence-electron chi connectivity index (χ1n) is 9.16. The summed E-state index contributed by atoms with van der Waals surface area (Å²) in [6.45, 7) is 2.86. The van der Waals surface area contributed by atoms with Crippen molar-refractivity contribution in [1.82, 2.24) is 15.0 Å². The Morgan fingerprint density at radius 3 is 2.21 bits per heavy atom. The van der Waals surface area contributed by atoms with Crippen molar-refractivity contribution in [2.45, 2.75) is 19.8 Å². The molecule has 0 N–H and O–H groups in total. The van der Waals surface area contributed by atoms with Gasteiger partial charge in [0.1, 0.15) is 17.2 Å². The van der Waals surface area contributed by atoms with Crippen molar-refractivity contribution in [3.05, 3.63) is 42.6 Å². The highest BCUT2D eigenvalue weighted by Gasteiger charge is 2.17. The quantitative estimate of drug-likeness (QED) is 0.517. The maximum Gasteiger partial charge on any atom is 0.164 e. The van der Waals surface area contributed by atoms with Crippen molar-refractivity contribution in [2.75, 3.05) is 27.9 Å². The van der Waals surface area contributed by atoms with Crippen molar-refractivity contribution >= 4 is 0 Å². The van der Waals surface area contributed by atoms with E-state index < -0.39 is 0 Å². The minimum absolute atomic E-state index is 0.582. The summed E-state index contributed by atoms with van der Waals surface area (Å²) < 4.78 is 23.8. The fourth-order valence-corrected chi connectivity index (χ4v) is 2.84. The molecule has 0 saturated heterocycles.